The SMILES string of the molecule is CC.CCN(CC)C(=O)c1ccc(C2CC3(CCNCC3)OC3CC/C=C(/F)C/C=C\32)cc1. The molecule has 1 spiro atoms. The summed E-state index contributed by atoms with van der Waals surface area (Å²) in [6.45, 7) is 11.4. The van der Waals surface area contributed by atoms with E-state index < -0.39 is 0 Å². The molecule has 1 aliphatic carbocycles. The molecule has 2 unspecified atom stereocenters. The van der Waals surface area contributed by atoms with E-state index in [9.17, 15) is 9.18 Å². The van der Waals surface area contributed by atoms with Gasteiger partial charge in [-0.05, 0) is 82.3 Å². The van der Waals surface area contributed by atoms with Gasteiger partial charge in [-0.1, -0.05) is 38.1 Å². The lowest BCUT2D eigenvalue weighted by atomic mass is 9.72. The number of benzene rings is 1. The van der Waals surface area contributed by atoms with Gasteiger partial charge in [-0.25, -0.2) is 4.39 Å². The first-order valence-electron chi connectivity index (χ1n) is 12.9. The second kappa shape index (κ2) is 11.9. The summed E-state index contributed by atoms with van der Waals surface area (Å²) in [6.07, 6.45) is 8.64. The van der Waals surface area contributed by atoms with Crippen molar-refractivity contribution >= 4 is 5.91 Å². The fourth-order valence-electron chi connectivity index (χ4n) is 5.39. The second-order valence-corrected chi connectivity index (χ2v) is 9.03. The van der Waals surface area contributed by atoms with Gasteiger partial charge in [0, 0.05) is 31.0 Å². The monoisotopic (exact) mass is 456 g/mol. The van der Waals surface area contributed by atoms with Crippen molar-refractivity contribution in [2.45, 2.75) is 83.8 Å². The molecular formula is C28H41FN2O2. The number of halogens is 1. The molecule has 3 aliphatic rings. The Bertz CT molecular complexity index is 836. The van der Waals surface area contributed by atoms with Crippen molar-refractivity contribution in [1.29, 1.82) is 0 Å². The summed E-state index contributed by atoms with van der Waals surface area (Å²) in [4.78, 5) is 14.6. The molecule has 0 radical (unpaired) electrons. The van der Waals surface area contributed by atoms with Crippen molar-refractivity contribution in [2.24, 2.45) is 0 Å². The Balaban J connectivity index is 0.00000149. The summed E-state index contributed by atoms with van der Waals surface area (Å²) in [5.74, 6) is 0.237. The maximum atomic E-state index is 14.1. The van der Waals surface area contributed by atoms with Crippen LogP contribution in [0.2, 0.25) is 0 Å². The smallest absolute Gasteiger partial charge is 0.253 e. The summed E-state index contributed by atoms with van der Waals surface area (Å²) in [5, 5.41) is 3.46. The number of carbonyl (C=O) groups excluding carboxylic acids is 1. The van der Waals surface area contributed by atoms with Crippen LogP contribution in [-0.4, -0.2) is 48.7 Å². The van der Waals surface area contributed by atoms with Crippen molar-refractivity contribution in [1.82, 2.24) is 10.2 Å². The number of hydrogen-bond donors (Lipinski definition) is 1. The zero-order valence-corrected chi connectivity index (χ0v) is 20.8. The Morgan fingerprint density at radius 1 is 1.12 bits per heavy atom. The van der Waals surface area contributed by atoms with Crippen LogP contribution >= 0.6 is 0 Å². The summed E-state index contributed by atoms with van der Waals surface area (Å²) in [7, 11) is 0. The van der Waals surface area contributed by atoms with Gasteiger partial charge in [-0.2, -0.15) is 0 Å². The Kier molecular flexibility index (Phi) is 9.27. The molecule has 1 amide bonds. The van der Waals surface area contributed by atoms with Crippen LogP contribution in [0, 0.1) is 0 Å². The molecule has 2 atom stereocenters. The second-order valence-electron chi connectivity index (χ2n) is 9.03. The molecule has 182 valence electrons. The number of allylic oxidation sites excluding steroid dienone is 3. The molecule has 4 rings (SSSR count). The van der Waals surface area contributed by atoms with E-state index in [1.807, 2.05) is 44.7 Å². The number of carbonyl (C=O) groups is 1. The van der Waals surface area contributed by atoms with Gasteiger partial charge in [0.15, 0.2) is 0 Å². The minimum Gasteiger partial charge on any atom is -0.367 e. The Morgan fingerprint density at radius 2 is 1.79 bits per heavy atom. The lowest BCUT2D eigenvalue weighted by Gasteiger charge is -2.49. The molecule has 2 heterocycles. The number of nitrogens with zero attached hydrogens (tertiary/aromatic N) is 1. The van der Waals surface area contributed by atoms with Crippen molar-refractivity contribution in [2.75, 3.05) is 26.2 Å². The summed E-state index contributed by atoms with van der Waals surface area (Å²) in [6, 6.07) is 8.12. The molecule has 0 saturated carbocycles. The third-order valence-electron chi connectivity index (χ3n) is 7.20. The standard InChI is InChI=1S/C26H35FN2O2.C2H6/c1-3-29(4-2)25(30)20-10-8-19(9-11-20)23-18-26(14-16-28-17-15-26)31-24-7-5-6-21(27)12-13-22(23)24;1-2/h6,8-11,13,23-24,28H,3-5,7,12,14-18H2,1-2H3;1-2H3/b21-6+,22-13-;. The van der Waals surface area contributed by atoms with Gasteiger partial charge in [0.1, 0.15) is 0 Å². The predicted molar refractivity (Wildman–Crippen MR) is 133 cm³/mol. The molecule has 0 bridgehead atoms. The molecule has 2 fully saturated rings. The maximum Gasteiger partial charge on any atom is 0.253 e. The highest BCUT2D eigenvalue weighted by Gasteiger charge is 2.45. The molecule has 0 aromatic heterocycles. The minimum absolute atomic E-state index is 0.0400. The van der Waals surface area contributed by atoms with Crippen LogP contribution in [0.5, 0.6) is 0 Å². The normalized spacial score (nSPS) is 27.4. The van der Waals surface area contributed by atoms with Crippen molar-refractivity contribution in [3.63, 3.8) is 0 Å². The van der Waals surface area contributed by atoms with E-state index >= 15 is 0 Å². The average molecular weight is 457 g/mol. The van der Waals surface area contributed by atoms with Gasteiger partial charge in [0.25, 0.3) is 5.91 Å². The van der Waals surface area contributed by atoms with Crippen molar-refractivity contribution < 1.29 is 13.9 Å². The highest BCUT2D eigenvalue weighted by molar-refractivity contribution is 5.94. The van der Waals surface area contributed by atoms with E-state index in [1.165, 1.54) is 11.1 Å². The molecule has 2 saturated heterocycles. The highest BCUT2D eigenvalue weighted by Crippen LogP contribution is 2.48. The van der Waals surface area contributed by atoms with Crippen LogP contribution in [0.1, 0.15) is 88.1 Å². The predicted octanol–water partition coefficient (Wildman–Crippen LogP) is 6.15. The summed E-state index contributed by atoms with van der Waals surface area (Å²) >= 11 is 0. The van der Waals surface area contributed by atoms with Crippen molar-refractivity contribution in [3.8, 4) is 0 Å². The lowest BCUT2D eigenvalue weighted by molar-refractivity contribution is -0.126. The van der Waals surface area contributed by atoms with Crippen molar-refractivity contribution in [3.05, 3.63) is 58.9 Å². The number of amides is 1. The number of rotatable bonds is 4. The van der Waals surface area contributed by atoms with E-state index in [4.69, 9.17) is 4.74 Å². The highest BCUT2D eigenvalue weighted by atomic mass is 19.1. The molecule has 33 heavy (non-hydrogen) atoms. The molecule has 1 aromatic rings. The Hall–Kier alpha value is -1.98. The maximum absolute atomic E-state index is 14.1. The van der Waals surface area contributed by atoms with Crippen LogP contribution in [0.15, 0.2) is 47.8 Å². The molecule has 1 aromatic carbocycles. The third-order valence-corrected chi connectivity index (χ3v) is 7.20. The zero-order chi connectivity index (χ0) is 23.8. The van der Waals surface area contributed by atoms with Crippen LogP contribution in [0.4, 0.5) is 4.39 Å². The van der Waals surface area contributed by atoms with Crippen LogP contribution in [-0.2, 0) is 4.74 Å². The van der Waals surface area contributed by atoms with Gasteiger partial charge in [0.2, 0.25) is 0 Å². The number of nitrogens with one attached hydrogen (secondary N) is 1. The molecular weight excluding hydrogens is 415 g/mol. The number of hydrogen-bond acceptors (Lipinski definition) is 3. The minimum atomic E-state index is -0.116. The number of piperidine rings is 1. The molecule has 1 N–H and O–H groups in total. The van der Waals surface area contributed by atoms with Gasteiger partial charge >= 0.3 is 0 Å². The summed E-state index contributed by atoms with van der Waals surface area (Å²) in [5.41, 5.74) is 3.04. The molecule has 4 nitrogen and oxygen atoms in total. The number of ether oxygens (including phenoxy) is 1. The van der Waals surface area contributed by atoms with Crippen LogP contribution in [0.3, 0.4) is 0 Å². The Morgan fingerprint density at radius 3 is 2.42 bits per heavy atom. The van der Waals surface area contributed by atoms with Gasteiger partial charge < -0.3 is 15.0 Å². The zero-order valence-electron chi connectivity index (χ0n) is 20.8. The number of fused-ring (bicyclic) bond motifs is 1. The first-order valence-corrected chi connectivity index (χ1v) is 12.9. The first-order chi connectivity index (χ1) is 16.0. The average Bonchev–Trinajstić information content (AvgIpc) is 2.84. The van der Waals surface area contributed by atoms with E-state index in [1.54, 1.807) is 6.08 Å². The molecule has 2 aliphatic heterocycles. The largest absolute Gasteiger partial charge is 0.367 e. The fourth-order valence-corrected chi connectivity index (χ4v) is 5.39. The van der Waals surface area contributed by atoms with Crippen LogP contribution in [0.25, 0.3) is 0 Å². The summed E-state index contributed by atoms with van der Waals surface area (Å²) < 4.78 is 20.8. The van der Waals surface area contributed by atoms with Gasteiger partial charge in [-0.3, -0.25) is 4.79 Å². The molecule has 5 heteroatoms. The quantitative estimate of drug-likeness (QED) is 0.552. The Labute approximate surface area is 199 Å². The topological polar surface area (TPSA) is 41.6 Å². The van der Waals surface area contributed by atoms with E-state index in [-0.39, 0.29) is 29.4 Å². The lowest BCUT2D eigenvalue weighted by Crippen LogP contribution is -2.51. The van der Waals surface area contributed by atoms with Gasteiger partial charge in [0.05, 0.1) is 17.5 Å². The fraction of sp³-hybridized carbons (Fsp3) is 0.607. The van der Waals surface area contributed by atoms with Gasteiger partial charge in [-0.15, -0.1) is 0 Å². The third kappa shape index (κ3) is 5.93. The first kappa shape index (κ1) is 25.6. The van der Waals surface area contributed by atoms with E-state index in [0.717, 1.165) is 44.3 Å². The van der Waals surface area contributed by atoms with E-state index in [0.29, 0.717) is 25.9 Å². The van der Waals surface area contributed by atoms with Crippen LogP contribution < -0.4 is 5.32 Å². The van der Waals surface area contributed by atoms with E-state index in [2.05, 4.69) is 23.5 Å².